The molecule has 106 valence electrons. The third-order valence-electron chi connectivity index (χ3n) is 3.59. The van der Waals surface area contributed by atoms with Gasteiger partial charge in [-0.3, -0.25) is 4.79 Å². The Morgan fingerprint density at radius 2 is 2.00 bits per heavy atom. The quantitative estimate of drug-likeness (QED) is 0.768. The molecule has 1 amide bonds. The van der Waals surface area contributed by atoms with Crippen molar-refractivity contribution in [3.8, 4) is 0 Å². The van der Waals surface area contributed by atoms with E-state index in [4.69, 9.17) is 5.73 Å². The molecule has 1 atom stereocenters. The highest BCUT2D eigenvalue weighted by molar-refractivity contribution is 7.90. The van der Waals surface area contributed by atoms with Crippen LogP contribution in [0.2, 0.25) is 0 Å². The van der Waals surface area contributed by atoms with Gasteiger partial charge in [-0.05, 0) is 33.1 Å². The van der Waals surface area contributed by atoms with E-state index in [0.29, 0.717) is 13.0 Å². The van der Waals surface area contributed by atoms with Crippen LogP contribution in [0.15, 0.2) is 0 Å². The van der Waals surface area contributed by atoms with Crippen LogP contribution in [0, 0.1) is 0 Å². The molecule has 1 rings (SSSR count). The summed E-state index contributed by atoms with van der Waals surface area (Å²) in [5.41, 5.74) is 5.71. The van der Waals surface area contributed by atoms with Gasteiger partial charge in [0.1, 0.15) is 9.84 Å². The summed E-state index contributed by atoms with van der Waals surface area (Å²) in [6, 6.07) is -0.291. The molecule has 0 unspecified atom stereocenters. The molecule has 0 bridgehead atoms. The van der Waals surface area contributed by atoms with Crippen molar-refractivity contribution in [3.05, 3.63) is 0 Å². The minimum atomic E-state index is -3.07. The van der Waals surface area contributed by atoms with Crippen molar-refractivity contribution in [2.24, 2.45) is 5.73 Å². The molecule has 0 spiro atoms. The SMILES string of the molecule is CCN(C(=O)CC1(N)CCC1)[C@@H](C)CS(C)(=O)=O. The molecule has 5 nitrogen and oxygen atoms in total. The Hall–Kier alpha value is -0.620. The number of nitrogens with two attached hydrogens (primary N) is 1. The summed E-state index contributed by atoms with van der Waals surface area (Å²) in [4.78, 5) is 13.8. The van der Waals surface area contributed by atoms with Crippen molar-refractivity contribution in [1.82, 2.24) is 4.90 Å². The molecule has 1 fully saturated rings. The van der Waals surface area contributed by atoms with Crippen LogP contribution < -0.4 is 5.73 Å². The van der Waals surface area contributed by atoms with Crippen LogP contribution >= 0.6 is 0 Å². The largest absolute Gasteiger partial charge is 0.339 e. The van der Waals surface area contributed by atoms with Gasteiger partial charge >= 0.3 is 0 Å². The van der Waals surface area contributed by atoms with Crippen LogP contribution in [-0.4, -0.2) is 49.4 Å². The van der Waals surface area contributed by atoms with E-state index < -0.39 is 9.84 Å². The first-order valence-corrected chi connectivity index (χ1v) is 8.49. The molecule has 1 aliphatic carbocycles. The Bertz CT molecular complexity index is 402. The highest BCUT2D eigenvalue weighted by Crippen LogP contribution is 2.32. The van der Waals surface area contributed by atoms with Gasteiger partial charge in [0.15, 0.2) is 0 Å². The smallest absolute Gasteiger partial charge is 0.224 e. The van der Waals surface area contributed by atoms with E-state index in [1.54, 1.807) is 11.8 Å². The number of carbonyl (C=O) groups is 1. The first-order chi connectivity index (χ1) is 8.17. The number of rotatable bonds is 6. The zero-order chi connectivity index (χ0) is 14.0. The molecule has 1 aliphatic rings. The second-order valence-corrected chi connectivity index (χ2v) is 7.70. The Balaban J connectivity index is 2.61. The third-order valence-corrected chi connectivity index (χ3v) is 4.68. The van der Waals surface area contributed by atoms with Gasteiger partial charge in [0.2, 0.25) is 5.91 Å². The highest BCUT2D eigenvalue weighted by atomic mass is 32.2. The van der Waals surface area contributed by atoms with Crippen LogP contribution in [-0.2, 0) is 14.6 Å². The molecule has 0 aliphatic heterocycles. The first kappa shape index (κ1) is 15.4. The van der Waals surface area contributed by atoms with E-state index >= 15 is 0 Å². The summed E-state index contributed by atoms with van der Waals surface area (Å²) >= 11 is 0. The summed E-state index contributed by atoms with van der Waals surface area (Å²) in [6.07, 6.45) is 4.37. The second-order valence-electron chi connectivity index (χ2n) is 5.51. The molecule has 0 saturated heterocycles. The van der Waals surface area contributed by atoms with Gasteiger partial charge in [0.05, 0.1) is 5.75 Å². The Morgan fingerprint density at radius 1 is 1.44 bits per heavy atom. The van der Waals surface area contributed by atoms with E-state index in [2.05, 4.69) is 0 Å². The standard InChI is InChI=1S/C12H24N2O3S/c1-4-14(10(2)9-18(3,16)17)11(15)8-12(13)6-5-7-12/h10H,4-9,13H2,1-3H3/t10-/m0/s1. The minimum absolute atomic E-state index is 0.00412. The molecule has 0 radical (unpaired) electrons. The number of sulfone groups is 1. The zero-order valence-corrected chi connectivity index (χ0v) is 12.3. The lowest BCUT2D eigenvalue weighted by molar-refractivity contribution is -0.134. The molecular formula is C12H24N2O3S. The predicted octanol–water partition coefficient (Wildman–Crippen LogP) is 0.540. The van der Waals surface area contributed by atoms with Gasteiger partial charge < -0.3 is 10.6 Å². The van der Waals surface area contributed by atoms with Gasteiger partial charge in [-0.2, -0.15) is 0 Å². The van der Waals surface area contributed by atoms with Crippen LogP contribution in [0.1, 0.15) is 39.5 Å². The Labute approximate surface area is 110 Å². The van der Waals surface area contributed by atoms with Gasteiger partial charge in [0.25, 0.3) is 0 Å². The summed E-state index contributed by atoms with van der Waals surface area (Å²) < 4.78 is 22.5. The van der Waals surface area contributed by atoms with Crippen LogP contribution in [0.5, 0.6) is 0 Å². The molecule has 0 aromatic heterocycles. The average molecular weight is 276 g/mol. The highest BCUT2D eigenvalue weighted by Gasteiger charge is 2.36. The normalized spacial score (nSPS) is 20.0. The molecule has 0 heterocycles. The first-order valence-electron chi connectivity index (χ1n) is 6.43. The van der Waals surface area contributed by atoms with Crippen molar-refractivity contribution in [3.63, 3.8) is 0 Å². The maximum Gasteiger partial charge on any atom is 0.224 e. The predicted molar refractivity (Wildman–Crippen MR) is 71.9 cm³/mol. The Morgan fingerprint density at radius 3 is 2.33 bits per heavy atom. The van der Waals surface area contributed by atoms with Crippen molar-refractivity contribution in [2.45, 2.75) is 51.1 Å². The van der Waals surface area contributed by atoms with Crippen LogP contribution in [0.25, 0.3) is 0 Å². The van der Waals surface area contributed by atoms with Gasteiger partial charge in [0, 0.05) is 30.8 Å². The summed E-state index contributed by atoms with van der Waals surface area (Å²) in [5.74, 6) is -0.0275. The molecule has 0 aromatic rings. The number of hydrogen-bond acceptors (Lipinski definition) is 4. The summed E-state index contributed by atoms with van der Waals surface area (Å²) in [5, 5.41) is 0. The van der Waals surface area contributed by atoms with E-state index in [0.717, 1.165) is 19.3 Å². The fraction of sp³-hybridized carbons (Fsp3) is 0.917. The lowest BCUT2D eigenvalue weighted by atomic mass is 9.75. The fourth-order valence-electron chi connectivity index (χ4n) is 2.47. The number of nitrogens with zero attached hydrogens (tertiary/aromatic N) is 1. The van der Waals surface area contributed by atoms with E-state index in [9.17, 15) is 13.2 Å². The number of hydrogen-bond donors (Lipinski definition) is 1. The van der Waals surface area contributed by atoms with E-state index in [-0.39, 0.29) is 23.2 Å². The maximum atomic E-state index is 12.2. The summed E-state index contributed by atoms with van der Waals surface area (Å²) in [7, 11) is -3.07. The topological polar surface area (TPSA) is 80.5 Å². The number of carbonyl (C=O) groups excluding carboxylic acids is 1. The molecule has 6 heteroatoms. The number of amides is 1. The van der Waals surface area contributed by atoms with E-state index in [1.807, 2.05) is 6.92 Å². The monoisotopic (exact) mass is 276 g/mol. The van der Waals surface area contributed by atoms with Crippen LogP contribution in [0.3, 0.4) is 0 Å². The van der Waals surface area contributed by atoms with Crippen molar-refractivity contribution < 1.29 is 13.2 Å². The fourth-order valence-corrected chi connectivity index (χ4v) is 3.53. The zero-order valence-electron chi connectivity index (χ0n) is 11.5. The molecule has 1 saturated carbocycles. The Kier molecular flexibility index (Phi) is 4.78. The van der Waals surface area contributed by atoms with Crippen molar-refractivity contribution in [2.75, 3.05) is 18.6 Å². The second kappa shape index (κ2) is 5.57. The average Bonchev–Trinajstić information content (AvgIpc) is 2.13. The lowest BCUT2D eigenvalue weighted by Gasteiger charge is -2.39. The minimum Gasteiger partial charge on any atom is -0.339 e. The van der Waals surface area contributed by atoms with Crippen LogP contribution in [0.4, 0.5) is 0 Å². The third kappa shape index (κ3) is 4.24. The maximum absolute atomic E-state index is 12.2. The molecule has 18 heavy (non-hydrogen) atoms. The summed E-state index contributed by atoms with van der Waals surface area (Å²) in [6.45, 7) is 4.15. The van der Waals surface area contributed by atoms with Gasteiger partial charge in [-0.15, -0.1) is 0 Å². The van der Waals surface area contributed by atoms with Gasteiger partial charge in [-0.1, -0.05) is 0 Å². The lowest BCUT2D eigenvalue weighted by Crippen LogP contribution is -2.52. The van der Waals surface area contributed by atoms with Crippen molar-refractivity contribution >= 4 is 15.7 Å². The van der Waals surface area contributed by atoms with E-state index in [1.165, 1.54) is 6.26 Å². The molecule has 0 aromatic carbocycles. The van der Waals surface area contributed by atoms with Crippen molar-refractivity contribution in [1.29, 1.82) is 0 Å². The molecule has 2 N–H and O–H groups in total. The molecular weight excluding hydrogens is 252 g/mol. The van der Waals surface area contributed by atoms with Gasteiger partial charge in [-0.25, -0.2) is 8.42 Å².